The molecule has 1 unspecified atom stereocenters. The summed E-state index contributed by atoms with van der Waals surface area (Å²) in [4.78, 5) is 17.8. The molecule has 0 bridgehead atoms. The van der Waals surface area contributed by atoms with E-state index in [1.54, 1.807) is 18.2 Å². The van der Waals surface area contributed by atoms with Crippen molar-refractivity contribution in [3.8, 4) is 5.75 Å². The Hall–Kier alpha value is -1.55. The molecule has 1 N–H and O–H groups in total. The van der Waals surface area contributed by atoms with Crippen molar-refractivity contribution in [3.05, 3.63) is 24.3 Å². The number of benzene rings is 1. The number of amides is 1. The lowest BCUT2D eigenvalue weighted by Crippen LogP contribution is -2.29. The maximum atomic E-state index is 12.0. The van der Waals surface area contributed by atoms with Crippen LogP contribution in [0.5, 0.6) is 5.75 Å². The smallest absolute Gasteiger partial charge is 0.253 e. The van der Waals surface area contributed by atoms with Gasteiger partial charge in [-0.1, -0.05) is 6.07 Å². The third kappa shape index (κ3) is 1.78. The molecule has 1 saturated heterocycles. The SMILES string of the molecule is CC1(C2CC2)CC(=O)N(c2cccc(O)c2)O1. The van der Waals surface area contributed by atoms with E-state index >= 15 is 0 Å². The van der Waals surface area contributed by atoms with Crippen LogP contribution >= 0.6 is 0 Å². The first-order valence-electron chi connectivity index (χ1n) is 5.90. The van der Waals surface area contributed by atoms with Crippen LogP contribution in [0.25, 0.3) is 0 Å². The third-order valence-corrected chi connectivity index (χ3v) is 3.53. The van der Waals surface area contributed by atoms with Gasteiger partial charge in [-0.15, -0.1) is 0 Å². The molecule has 90 valence electrons. The van der Waals surface area contributed by atoms with Crippen molar-refractivity contribution in [2.24, 2.45) is 5.92 Å². The number of carbonyl (C=O) groups is 1. The van der Waals surface area contributed by atoms with Crippen molar-refractivity contribution >= 4 is 11.6 Å². The van der Waals surface area contributed by atoms with Crippen molar-refractivity contribution < 1.29 is 14.7 Å². The molecule has 2 aliphatic rings. The highest BCUT2D eigenvalue weighted by Gasteiger charge is 2.51. The minimum absolute atomic E-state index is 0.0370. The van der Waals surface area contributed by atoms with Gasteiger partial charge in [0.05, 0.1) is 12.1 Å². The number of nitrogens with zero attached hydrogens (tertiary/aromatic N) is 1. The number of phenolic OH excluding ortho intramolecular Hbond substituents is 1. The highest BCUT2D eigenvalue weighted by atomic mass is 16.7. The first kappa shape index (κ1) is 10.6. The van der Waals surface area contributed by atoms with Crippen LogP contribution in [0.2, 0.25) is 0 Å². The number of phenols is 1. The molecule has 0 radical (unpaired) electrons. The Labute approximate surface area is 99.8 Å². The summed E-state index contributed by atoms with van der Waals surface area (Å²) in [6.45, 7) is 1.99. The van der Waals surface area contributed by atoms with Crippen LogP contribution in [0.4, 0.5) is 5.69 Å². The average molecular weight is 233 g/mol. The second-order valence-corrected chi connectivity index (χ2v) is 5.06. The van der Waals surface area contributed by atoms with E-state index in [0.717, 1.165) is 12.8 Å². The molecule has 17 heavy (non-hydrogen) atoms. The van der Waals surface area contributed by atoms with Crippen LogP contribution < -0.4 is 5.06 Å². The second-order valence-electron chi connectivity index (χ2n) is 5.06. The molecule has 4 nitrogen and oxygen atoms in total. The maximum absolute atomic E-state index is 12.0. The van der Waals surface area contributed by atoms with Crippen LogP contribution in [-0.2, 0) is 9.63 Å². The van der Waals surface area contributed by atoms with Gasteiger partial charge in [0.25, 0.3) is 5.91 Å². The number of hydroxylamine groups is 1. The molecule has 1 aromatic carbocycles. The summed E-state index contributed by atoms with van der Waals surface area (Å²) in [5, 5.41) is 10.7. The summed E-state index contributed by atoms with van der Waals surface area (Å²) in [5.74, 6) is 0.595. The minimum atomic E-state index is -0.359. The van der Waals surface area contributed by atoms with Crippen LogP contribution in [0.3, 0.4) is 0 Å². The Morgan fingerprint density at radius 1 is 1.47 bits per heavy atom. The Morgan fingerprint density at radius 2 is 2.24 bits per heavy atom. The first-order valence-corrected chi connectivity index (χ1v) is 5.90. The minimum Gasteiger partial charge on any atom is -0.508 e. The van der Waals surface area contributed by atoms with Crippen molar-refractivity contribution in [1.82, 2.24) is 0 Å². The van der Waals surface area contributed by atoms with Gasteiger partial charge in [-0.2, -0.15) is 5.06 Å². The fourth-order valence-electron chi connectivity index (χ4n) is 2.39. The van der Waals surface area contributed by atoms with Crippen LogP contribution in [0, 0.1) is 5.92 Å². The summed E-state index contributed by atoms with van der Waals surface area (Å²) in [6.07, 6.45) is 2.70. The lowest BCUT2D eigenvalue weighted by Gasteiger charge is -2.23. The molecule has 1 atom stereocenters. The summed E-state index contributed by atoms with van der Waals surface area (Å²) >= 11 is 0. The number of aromatic hydroxyl groups is 1. The maximum Gasteiger partial charge on any atom is 0.253 e. The van der Waals surface area contributed by atoms with E-state index < -0.39 is 0 Å². The van der Waals surface area contributed by atoms with E-state index in [4.69, 9.17) is 4.84 Å². The Balaban J connectivity index is 1.87. The molecule has 0 aromatic heterocycles. The highest BCUT2D eigenvalue weighted by molar-refractivity contribution is 5.94. The summed E-state index contributed by atoms with van der Waals surface area (Å²) in [7, 11) is 0. The quantitative estimate of drug-likeness (QED) is 0.852. The Bertz CT molecular complexity index is 469. The van der Waals surface area contributed by atoms with E-state index in [1.165, 1.54) is 11.1 Å². The monoisotopic (exact) mass is 233 g/mol. The summed E-state index contributed by atoms with van der Waals surface area (Å²) in [5.41, 5.74) is 0.238. The standard InChI is InChI=1S/C13H15NO3/c1-13(9-5-6-9)8-12(16)14(17-13)10-3-2-4-11(15)7-10/h2-4,7,9,15H,5-6,8H2,1H3. The van der Waals surface area contributed by atoms with Gasteiger partial charge in [0.2, 0.25) is 0 Å². The molecular weight excluding hydrogens is 218 g/mol. The summed E-state index contributed by atoms with van der Waals surface area (Å²) < 4.78 is 0. The van der Waals surface area contributed by atoms with Crippen molar-refractivity contribution in [1.29, 1.82) is 0 Å². The van der Waals surface area contributed by atoms with E-state index in [9.17, 15) is 9.90 Å². The van der Waals surface area contributed by atoms with E-state index in [2.05, 4.69) is 0 Å². The number of carbonyl (C=O) groups excluding carboxylic acids is 1. The van der Waals surface area contributed by atoms with Gasteiger partial charge >= 0.3 is 0 Å². The molecule has 2 fully saturated rings. The average Bonchev–Trinajstić information content (AvgIpc) is 3.06. The molecule has 1 aliphatic heterocycles. The topological polar surface area (TPSA) is 49.8 Å². The van der Waals surface area contributed by atoms with Crippen molar-refractivity contribution in [3.63, 3.8) is 0 Å². The van der Waals surface area contributed by atoms with E-state index in [0.29, 0.717) is 18.0 Å². The predicted molar refractivity (Wildman–Crippen MR) is 62.4 cm³/mol. The lowest BCUT2D eigenvalue weighted by molar-refractivity contribution is -0.119. The zero-order valence-corrected chi connectivity index (χ0v) is 9.72. The van der Waals surface area contributed by atoms with Gasteiger partial charge in [0.15, 0.2) is 0 Å². The third-order valence-electron chi connectivity index (χ3n) is 3.53. The lowest BCUT2D eigenvalue weighted by atomic mass is 9.97. The largest absolute Gasteiger partial charge is 0.508 e. The van der Waals surface area contributed by atoms with Crippen molar-refractivity contribution in [2.45, 2.75) is 31.8 Å². The van der Waals surface area contributed by atoms with Crippen LogP contribution in [0.1, 0.15) is 26.2 Å². The fourth-order valence-corrected chi connectivity index (χ4v) is 2.39. The molecular formula is C13H15NO3. The normalized spacial score (nSPS) is 28.8. The fraction of sp³-hybridized carbons (Fsp3) is 0.462. The van der Waals surface area contributed by atoms with Crippen LogP contribution in [-0.4, -0.2) is 16.6 Å². The van der Waals surface area contributed by atoms with Gasteiger partial charge in [0, 0.05) is 6.07 Å². The van der Waals surface area contributed by atoms with Gasteiger partial charge in [-0.05, 0) is 37.8 Å². The van der Waals surface area contributed by atoms with E-state index in [1.807, 2.05) is 6.92 Å². The van der Waals surface area contributed by atoms with Gasteiger partial charge < -0.3 is 5.11 Å². The molecule has 1 aliphatic carbocycles. The Kier molecular flexibility index (Phi) is 2.16. The van der Waals surface area contributed by atoms with Crippen LogP contribution in [0.15, 0.2) is 24.3 Å². The molecule has 1 heterocycles. The zero-order chi connectivity index (χ0) is 12.0. The molecule has 3 rings (SSSR count). The summed E-state index contributed by atoms with van der Waals surface area (Å²) in [6, 6.07) is 6.57. The zero-order valence-electron chi connectivity index (χ0n) is 9.72. The highest BCUT2D eigenvalue weighted by Crippen LogP contribution is 2.48. The molecule has 1 aromatic rings. The van der Waals surface area contributed by atoms with Gasteiger partial charge in [0.1, 0.15) is 11.4 Å². The van der Waals surface area contributed by atoms with E-state index in [-0.39, 0.29) is 17.3 Å². The predicted octanol–water partition coefficient (Wildman–Crippen LogP) is 2.23. The molecule has 1 amide bonds. The Morgan fingerprint density at radius 3 is 2.88 bits per heavy atom. The number of rotatable bonds is 2. The second kappa shape index (κ2) is 3.47. The van der Waals surface area contributed by atoms with Gasteiger partial charge in [-0.25, -0.2) is 0 Å². The van der Waals surface area contributed by atoms with Crippen molar-refractivity contribution in [2.75, 3.05) is 5.06 Å². The number of anilines is 1. The number of hydrogen-bond acceptors (Lipinski definition) is 3. The number of hydrogen-bond donors (Lipinski definition) is 1. The molecule has 4 heteroatoms. The molecule has 0 spiro atoms. The molecule has 1 saturated carbocycles. The first-order chi connectivity index (χ1) is 8.08. The van der Waals surface area contributed by atoms with Gasteiger partial charge in [-0.3, -0.25) is 9.63 Å².